The minimum Gasteiger partial charge on any atom is -0.382 e. The standard InChI is InChI=1S/C11H17ClN2O/c1-8(12)6-9(2)13-10-4-5-14(3)11(15)7-10/h4-5,7-9,13H,6H2,1-3H3. The Hall–Kier alpha value is -0.960. The van der Waals surface area contributed by atoms with Gasteiger partial charge in [-0.3, -0.25) is 4.79 Å². The Morgan fingerprint density at radius 1 is 1.53 bits per heavy atom. The van der Waals surface area contributed by atoms with Crippen LogP contribution in [0.3, 0.4) is 0 Å². The molecule has 0 aliphatic carbocycles. The molecule has 0 saturated heterocycles. The van der Waals surface area contributed by atoms with Gasteiger partial charge in [-0.05, 0) is 26.3 Å². The van der Waals surface area contributed by atoms with Crippen molar-refractivity contribution in [3.8, 4) is 0 Å². The second-order valence-corrected chi connectivity index (χ2v) is 4.67. The molecule has 0 fully saturated rings. The number of aromatic nitrogens is 1. The molecule has 4 heteroatoms. The van der Waals surface area contributed by atoms with E-state index in [2.05, 4.69) is 12.2 Å². The van der Waals surface area contributed by atoms with E-state index in [1.165, 1.54) is 0 Å². The molecule has 1 rings (SSSR count). The first kappa shape index (κ1) is 12.1. The molecule has 84 valence electrons. The highest BCUT2D eigenvalue weighted by Crippen LogP contribution is 2.10. The van der Waals surface area contributed by atoms with Crippen molar-refractivity contribution in [1.82, 2.24) is 4.57 Å². The van der Waals surface area contributed by atoms with Gasteiger partial charge in [-0.25, -0.2) is 0 Å². The monoisotopic (exact) mass is 228 g/mol. The van der Waals surface area contributed by atoms with Gasteiger partial charge in [0.15, 0.2) is 0 Å². The third kappa shape index (κ3) is 3.96. The van der Waals surface area contributed by atoms with E-state index in [1.807, 2.05) is 13.0 Å². The van der Waals surface area contributed by atoms with Gasteiger partial charge in [0.1, 0.15) is 0 Å². The first-order valence-corrected chi connectivity index (χ1v) is 5.50. The summed E-state index contributed by atoms with van der Waals surface area (Å²) in [4.78, 5) is 11.3. The number of pyridine rings is 1. The van der Waals surface area contributed by atoms with Gasteiger partial charge in [0.05, 0.1) is 0 Å². The molecule has 1 heterocycles. The van der Waals surface area contributed by atoms with Crippen molar-refractivity contribution in [2.75, 3.05) is 5.32 Å². The number of anilines is 1. The van der Waals surface area contributed by atoms with Crippen LogP contribution in [0.4, 0.5) is 5.69 Å². The minimum atomic E-state index is -0.00822. The summed E-state index contributed by atoms with van der Waals surface area (Å²) in [6, 6.07) is 3.75. The van der Waals surface area contributed by atoms with E-state index in [9.17, 15) is 4.79 Å². The number of hydrogen-bond acceptors (Lipinski definition) is 2. The van der Waals surface area contributed by atoms with E-state index in [0.29, 0.717) is 0 Å². The molecule has 15 heavy (non-hydrogen) atoms. The van der Waals surface area contributed by atoms with Gasteiger partial charge in [-0.2, -0.15) is 0 Å². The highest BCUT2D eigenvalue weighted by Gasteiger charge is 2.06. The van der Waals surface area contributed by atoms with Gasteiger partial charge >= 0.3 is 0 Å². The fourth-order valence-electron chi connectivity index (χ4n) is 1.47. The van der Waals surface area contributed by atoms with Crippen LogP contribution in [-0.4, -0.2) is 16.0 Å². The molecule has 2 atom stereocenters. The molecular weight excluding hydrogens is 212 g/mol. The summed E-state index contributed by atoms with van der Waals surface area (Å²) in [5.74, 6) is 0. The Morgan fingerprint density at radius 3 is 2.73 bits per heavy atom. The quantitative estimate of drug-likeness (QED) is 0.802. The van der Waals surface area contributed by atoms with Crippen LogP contribution in [-0.2, 0) is 7.05 Å². The van der Waals surface area contributed by atoms with Crippen LogP contribution in [0, 0.1) is 0 Å². The molecule has 0 aliphatic heterocycles. The lowest BCUT2D eigenvalue weighted by atomic mass is 10.2. The van der Waals surface area contributed by atoms with E-state index in [0.717, 1.165) is 12.1 Å². The van der Waals surface area contributed by atoms with Crippen LogP contribution in [0.1, 0.15) is 20.3 Å². The Balaban J connectivity index is 2.65. The topological polar surface area (TPSA) is 34.0 Å². The fraction of sp³-hybridized carbons (Fsp3) is 0.545. The maximum atomic E-state index is 11.3. The van der Waals surface area contributed by atoms with Gasteiger partial charge < -0.3 is 9.88 Å². The molecule has 0 aliphatic rings. The van der Waals surface area contributed by atoms with Crippen molar-refractivity contribution < 1.29 is 0 Å². The van der Waals surface area contributed by atoms with Crippen LogP contribution in [0.5, 0.6) is 0 Å². The highest BCUT2D eigenvalue weighted by atomic mass is 35.5. The SMILES string of the molecule is CC(Cl)CC(C)Nc1ccn(C)c(=O)c1. The van der Waals surface area contributed by atoms with E-state index >= 15 is 0 Å². The summed E-state index contributed by atoms with van der Waals surface area (Å²) < 4.78 is 1.54. The van der Waals surface area contributed by atoms with Crippen molar-refractivity contribution in [2.24, 2.45) is 7.05 Å². The van der Waals surface area contributed by atoms with Crippen molar-refractivity contribution in [3.63, 3.8) is 0 Å². The minimum absolute atomic E-state index is 0.00822. The van der Waals surface area contributed by atoms with E-state index in [4.69, 9.17) is 11.6 Å². The summed E-state index contributed by atoms with van der Waals surface area (Å²) in [5, 5.41) is 3.38. The van der Waals surface area contributed by atoms with Gasteiger partial charge in [0.25, 0.3) is 5.56 Å². The van der Waals surface area contributed by atoms with Crippen molar-refractivity contribution in [3.05, 3.63) is 28.7 Å². The van der Waals surface area contributed by atoms with E-state index in [1.54, 1.807) is 23.9 Å². The van der Waals surface area contributed by atoms with Crippen molar-refractivity contribution >= 4 is 17.3 Å². The third-order valence-electron chi connectivity index (χ3n) is 2.20. The first-order chi connectivity index (χ1) is 6.99. The second-order valence-electron chi connectivity index (χ2n) is 3.93. The second kappa shape index (κ2) is 5.21. The molecule has 0 bridgehead atoms. The molecule has 1 aromatic heterocycles. The summed E-state index contributed by atoms with van der Waals surface area (Å²) >= 11 is 5.89. The average molecular weight is 229 g/mol. The average Bonchev–Trinajstić information content (AvgIpc) is 2.10. The Morgan fingerprint density at radius 2 is 2.20 bits per heavy atom. The van der Waals surface area contributed by atoms with Crippen LogP contribution >= 0.6 is 11.6 Å². The van der Waals surface area contributed by atoms with Crippen LogP contribution < -0.4 is 10.9 Å². The summed E-state index contributed by atoms with van der Waals surface area (Å²) in [6.45, 7) is 4.01. The van der Waals surface area contributed by atoms with Crippen molar-refractivity contribution in [2.45, 2.75) is 31.7 Å². The Bertz CT molecular complexity index is 373. The lowest BCUT2D eigenvalue weighted by Crippen LogP contribution is -2.21. The maximum Gasteiger partial charge on any atom is 0.252 e. The maximum absolute atomic E-state index is 11.3. The highest BCUT2D eigenvalue weighted by molar-refractivity contribution is 6.20. The van der Waals surface area contributed by atoms with Gasteiger partial charge in [0.2, 0.25) is 0 Å². The Labute approximate surface area is 95.1 Å². The lowest BCUT2D eigenvalue weighted by molar-refractivity contribution is 0.695. The molecule has 0 radical (unpaired) electrons. The normalized spacial score (nSPS) is 14.7. The molecule has 1 aromatic rings. The van der Waals surface area contributed by atoms with Gasteiger partial charge in [0, 0.05) is 36.4 Å². The van der Waals surface area contributed by atoms with Crippen molar-refractivity contribution in [1.29, 1.82) is 0 Å². The molecule has 0 aromatic carbocycles. The molecule has 0 amide bonds. The predicted molar refractivity (Wildman–Crippen MR) is 64.7 cm³/mol. The number of alkyl halides is 1. The smallest absolute Gasteiger partial charge is 0.252 e. The lowest BCUT2D eigenvalue weighted by Gasteiger charge is -2.16. The predicted octanol–water partition coefficient (Wildman–Crippen LogP) is 2.20. The third-order valence-corrected chi connectivity index (χ3v) is 2.37. The van der Waals surface area contributed by atoms with Gasteiger partial charge in [-0.1, -0.05) is 0 Å². The number of aryl methyl sites for hydroxylation is 1. The van der Waals surface area contributed by atoms with Crippen LogP contribution in [0.2, 0.25) is 0 Å². The van der Waals surface area contributed by atoms with E-state index in [-0.39, 0.29) is 17.0 Å². The van der Waals surface area contributed by atoms with E-state index < -0.39 is 0 Å². The molecule has 3 nitrogen and oxygen atoms in total. The number of nitrogens with one attached hydrogen (secondary N) is 1. The largest absolute Gasteiger partial charge is 0.382 e. The summed E-state index contributed by atoms with van der Waals surface area (Å²) in [7, 11) is 1.73. The summed E-state index contributed by atoms with van der Waals surface area (Å²) in [5.41, 5.74) is 0.842. The zero-order valence-electron chi connectivity index (χ0n) is 9.33. The first-order valence-electron chi connectivity index (χ1n) is 5.06. The zero-order chi connectivity index (χ0) is 11.4. The number of rotatable bonds is 4. The Kier molecular flexibility index (Phi) is 4.21. The fourth-order valence-corrected chi connectivity index (χ4v) is 1.74. The molecule has 1 N–H and O–H groups in total. The van der Waals surface area contributed by atoms with Crippen LogP contribution in [0.15, 0.2) is 23.1 Å². The zero-order valence-corrected chi connectivity index (χ0v) is 10.1. The van der Waals surface area contributed by atoms with Gasteiger partial charge in [-0.15, -0.1) is 11.6 Å². The molecular formula is C11H17ClN2O. The van der Waals surface area contributed by atoms with Crippen LogP contribution in [0.25, 0.3) is 0 Å². The number of hydrogen-bond donors (Lipinski definition) is 1. The number of halogens is 1. The molecule has 2 unspecified atom stereocenters. The summed E-state index contributed by atoms with van der Waals surface area (Å²) in [6.07, 6.45) is 2.62. The number of nitrogens with zero attached hydrogens (tertiary/aromatic N) is 1. The molecule has 0 spiro atoms. The molecule has 0 saturated carbocycles.